The highest BCUT2D eigenvalue weighted by atomic mass is 19.1. The van der Waals surface area contributed by atoms with Gasteiger partial charge < -0.3 is 0 Å². The van der Waals surface area contributed by atoms with Gasteiger partial charge in [0, 0.05) is 0 Å². The number of likely N-dealkylation sites (tertiary alicyclic amines) is 1. The minimum absolute atomic E-state index is 0.141. The van der Waals surface area contributed by atoms with Gasteiger partial charge in [-0.1, -0.05) is 13.3 Å². The topological polar surface area (TPSA) is 20.3 Å². The first-order valence-corrected chi connectivity index (χ1v) is 6.80. The van der Waals surface area contributed by atoms with Crippen LogP contribution in [0.1, 0.15) is 36.5 Å². The van der Waals surface area contributed by atoms with E-state index in [1.165, 1.54) is 6.42 Å². The number of carbonyl (C=O) groups is 1. The summed E-state index contributed by atoms with van der Waals surface area (Å²) >= 11 is 0. The van der Waals surface area contributed by atoms with E-state index in [0.717, 1.165) is 50.0 Å². The summed E-state index contributed by atoms with van der Waals surface area (Å²) in [6.45, 7) is 4.08. The fraction of sp³-hybridized carbons (Fsp3) is 0.533. The molecule has 0 aromatic heterocycles. The van der Waals surface area contributed by atoms with Gasteiger partial charge in [0.05, 0.1) is 12.1 Å². The average Bonchev–Trinajstić information content (AvgIpc) is 2.42. The van der Waals surface area contributed by atoms with Gasteiger partial charge in [0.1, 0.15) is 11.6 Å². The number of Topliss-reactive ketones (excluding diaryl/α,β-unsaturated/α-hetero) is 1. The second-order valence-electron chi connectivity index (χ2n) is 5.18. The van der Waals surface area contributed by atoms with Gasteiger partial charge in [0.15, 0.2) is 5.78 Å². The maximum absolute atomic E-state index is 13.5. The number of nitrogens with zero attached hydrogens (tertiary/aromatic N) is 1. The van der Waals surface area contributed by atoms with Crippen LogP contribution in [0.5, 0.6) is 0 Å². The van der Waals surface area contributed by atoms with Crippen molar-refractivity contribution in [2.45, 2.75) is 26.2 Å². The van der Waals surface area contributed by atoms with Crippen molar-refractivity contribution in [2.75, 3.05) is 19.6 Å². The van der Waals surface area contributed by atoms with Crippen LogP contribution >= 0.6 is 0 Å². The van der Waals surface area contributed by atoms with Crippen molar-refractivity contribution in [1.82, 2.24) is 4.90 Å². The third-order valence-electron chi connectivity index (χ3n) is 3.88. The van der Waals surface area contributed by atoms with Gasteiger partial charge in [-0.3, -0.25) is 9.69 Å². The summed E-state index contributed by atoms with van der Waals surface area (Å²) in [6.07, 6.45) is 3.32. The summed E-state index contributed by atoms with van der Waals surface area (Å²) in [5.74, 6) is -0.825. The van der Waals surface area contributed by atoms with Crippen molar-refractivity contribution in [3.8, 4) is 0 Å². The standard InChI is InChI=1S/C15H19F2NO/c1-2-11-5-7-18(8-6-11)10-15(19)13-9-12(16)3-4-14(13)17/h3-4,9,11H,2,5-8,10H2,1H3. The molecule has 4 heteroatoms. The maximum atomic E-state index is 13.5. The highest BCUT2D eigenvalue weighted by Crippen LogP contribution is 2.20. The van der Waals surface area contributed by atoms with E-state index >= 15 is 0 Å². The molecule has 1 aromatic rings. The molecular formula is C15H19F2NO. The number of piperidine rings is 1. The molecule has 104 valence electrons. The van der Waals surface area contributed by atoms with Crippen LogP contribution in [0.3, 0.4) is 0 Å². The van der Waals surface area contributed by atoms with Crippen molar-refractivity contribution in [3.63, 3.8) is 0 Å². The quantitative estimate of drug-likeness (QED) is 0.780. The second kappa shape index (κ2) is 6.24. The van der Waals surface area contributed by atoms with E-state index in [1.807, 2.05) is 4.90 Å². The number of ketones is 1. The first kappa shape index (κ1) is 14.1. The van der Waals surface area contributed by atoms with Crippen LogP contribution in [-0.4, -0.2) is 30.3 Å². The maximum Gasteiger partial charge on any atom is 0.179 e. The third kappa shape index (κ3) is 3.60. The van der Waals surface area contributed by atoms with Crippen molar-refractivity contribution < 1.29 is 13.6 Å². The Labute approximate surface area is 112 Å². The Kier molecular flexibility index (Phi) is 4.64. The van der Waals surface area contributed by atoms with Crippen LogP contribution < -0.4 is 0 Å². The Bertz CT molecular complexity index is 453. The summed E-state index contributed by atoms with van der Waals surface area (Å²) in [5.41, 5.74) is -0.141. The molecule has 1 aromatic carbocycles. The Morgan fingerprint density at radius 3 is 2.63 bits per heavy atom. The summed E-state index contributed by atoms with van der Waals surface area (Å²) in [5, 5.41) is 0. The second-order valence-corrected chi connectivity index (χ2v) is 5.18. The molecule has 0 spiro atoms. The zero-order valence-corrected chi connectivity index (χ0v) is 11.2. The highest BCUT2D eigenvalue weighted by molar-refractivity contribution is 5.97. The van der Waals surface area contributed by atoms with Gasteiger partial charge in [-0.25, -0.2) is 8.78 Å². The summed E-state index contributed by atoms with van der Waals surface area (Å²) in [7, 11) is 0. The van der Waals surface area contributed by atoms with Crippen LogP contribution in [0, 0.1) is 17.6 Å². The van der Waals surface area contributed by atoms with Gasteiger partial charge in [-0.15, -0.1) is 0 Å². The Morgan fingerprint density at radius 1 is 1.32 bits per heavy atom. The highest BCUT2D eigenvalue weighted by Gasteiger charge is 2.21. The molecule has 0 aliphatic carbocycles. The van der Waals surface area contributed by atoms with E-state index < -0.39 is 11.6 Å². The first-order chi connectivity index (χ1) is 9.10. The molecular weight excluding hydrogens is 248 g/mol. The van der Waals surface area contributed by atoms with Crippen molar-refractivity contribution >= 4 is 5.78 Å². The Morgan fingerprint density at radius 2 is 2.00 bits per heavy atom. The van der Waals surface area contributed by atoms with Crippen molar-refractivity contribution in [1.29, 1.82) is 0 Å². The molecule has 1 saturated heterocycles. The number of hydrogen-bond acceptors (Lipinski definition) is 2. The lowest BCUT2D eigenvalue weighted by atomic mass is 9.94. The van der Waals surface area contributed by atoms with E-state index in [0.29, 0.717) is 0 Å². The molecule has 0 unspecified atom stereocenters. The minimum Gasteiger partial charge on any atom is -0.296 e. The van der Waals surface area contributed by atoms with E-state index in [4.69, 9.17) is 0 Å². The molecule has 0 saturated carbocycles. The van der Waals surface area contributed by atoms with E-state index in [2.05, 4.69) is 6.92 Å². The molecule has 0 atom stereocenters. The number of rotatable bonds is 4. The minimum atomic E-state index is -0.644. The summed E-state index contributed by atoms with van der Waals surface area (Å²) < 4.78 is 26.5. The molecule has 0 amide bonds. The molecule has 2 nitrogen and oxygen atoms in total. The summed E-state index contributed by atoms with van der Waals surface area (Å²) in [4.78, 5) is 14.0. The van der Waals surface area contributed by atoms with Crippen LogP contribution in [0.15, 0.2) is 18.2 Å². The van der Waals surface area contributed by atoms with Crippen LogP contribution in [0.4, 0.5) is 8.78 Å². The predicted molar refractivity (Wildman–Crippen MR) is 70.1 cm³/mol. The van der Waals surface area contributed by atoms with Gasteiger partial charge >= 0.3 is 0 Å². The van der Waals surface area contributed by atoms with E-state index in [1.54, 1.807) is 0 Å². The van der Waals surface area contributed by atoms with Gasteiger partial charge in [0.25, 0.3) is 0 Å². The van der Waals surface area contributed by atoms with Gasteiger partial charge in [0.2, 0.25) is 0 Å². The number of hydrogen-bond donors (Lipinski definition) is 0. The lowest BCUT2D eigenvalue weighted by Gasteiger charge is -2.30. The molecule has 1 aliphatic heterocycles. The van der Waals surface area contributed by atoms with E-state index in [9.17, 15) is 13.6 Å². The summed E-state index contributed by atoms with van der Waals surface area (Å²) in [6, 6.07) is 3.02. The van der Waals surface area contributed by atoms with Crippen LogP contribution in [0.25, 0.3) is 0 Å². The van der Waals surface area contributed by atoms with E-state index in [-0.39, 0.29) is 17.9 Å². The van der Waals surface area contributed by atoms with Gasteiger partial charge in [-0.05, 0) is 50.0 Å². The fourth-order valence-corrected chi connectivity index (χ4v) is 2.55. The fourth-order valence-electron chi connectivity index (χ4n) is 2.55. The molecule has 1 heterocycles. The first-order valence-electron chi connectivity index (χ1n) is 6.80. The number of benzene rings is 1. The molecule has 1 fully saturated rings. The molecule has 0 radical (unpaired) electrons. The predicted octanol–water partition coefficient (Wildman–Crippen LogP) is 3.27. The number of carbonyl (C=O) groups excluding carboxylic acids is 1. The monoisotopic (exact) mass is 267 g/mol. The van der Waals surface area contributed by atoms with Crippen molar-refractivity contribution in [3.05, 3.63) is 35.4 Å². The van der Waals surface area contributed by atoms with Crippen LogP contribution in [0.2, 0.25) is 0 Å². The molecule has 19 heavy (non-hydrogen) atoms. The molecule has 2 rings (SSSR count). The smallest absolute Gasteiger partial charge is 0.179 e. The Balaban J connectivity index is 1.96. The lowest BCUT2D eigenvalue weighted by molar-refractivity contribution is 0.0890. The third-order valence-corrected chi connectivity index (χ3v) is 3.88. The zero-order valence-electron chi connectivity index (χ0n) is 11.2. The molecule has 1 aliphatic rings. The normalized spacial score (nSPS) is 17.6. The van der Waals surface area contributed by atoms with Crippen molar-refractivity contribution in [2.24, 2.45) is 5.92 Å². The van der Waals surface area contributed by atoms with Crippen LogP contribution in [-0.2, 0) is 0 Å². The zero-order chi connectivity index (χ0) is 13.8. The largest absolute Gasteiger partial charge is 0.296 e. The lowest BCUT2D eigenvalue weighted by Crippen LogP contribution is -2.37. The molecule has 0 bridgehead atoms. The van der Waals surface area contributed by atoms with Gasteiger partial charge in [-0.2, -0.15) is 0 Å². The molecule has 0 N–H and O–H groups in total. The average molecular weight is 267 g/mol. The Hall–Kier alpha value is -1.29. The number of halogens is 2. The SMILES string of the molecule is CCC1CCN(CC(=O)c2cc(F)ccc2F)CC1.